The number of halogens is 1. The Morgan fingerprint density at radius 3 is 2.48 bits per heavy atom. The third-order valence-corrected chi connectivity index (χ3v) is 6.32. The van der Waals surface area contributed by atoms with Crippen molar-refractivity contribution in [2.24, 2.45) is 5.92 Å². The van der Waals surface area contributed by atoms with Gasteiger partial charge in [0.05, 0.1) is 18.8 Å². The van der Waals surface area contributed by atoms with Gasteiger partial charge in [0.2, 0.25) is 0 Å². The molecule has 1 aliphatic carbocycles. The summed E-state index contributed by atoms with van der Waals surface area (Å²) in [7, 11) is 0. The van der Waals surface area contributed by atoms with Gasteiger partial charge in [0.15, 0.2) is 11.6 Å². The van der Waals surface area contributed by atoms with E-state index in [4.69, 9.17) is 14.2 Å². The number of hydrogen-bond acceptors (Lipinski definition) is 5. The summed E-state index contributed by atoms with van der Waals surface area (Å²) in [5.74, 6) is -0.630. The van der Waals surface area contributed by atoms with Crippen LogP contribution in [0.4, 0.5) is 4.39 Å². The highest BCUT2D eigenvalue weighted by Gasteiger charge is 2.37. The van der Waals surface area contributed by atoms with E-state index in [1.165, 1.54) is 29.3 Å². The highest BCUT2D eigenvalue weighted by Crippen LogP contribution is 2.37. The molecule has 2 aromatic rings. The minimum atomic E-state index is -0.585. The molecule has 0 aromatic heterocycles. The molecule has 1 heterocycles. The Hall–Kier alpha value is -2.44. The lowest BCUT2D eigenvalue weighted by atomic mass is 9.88. The summed E-state index contributed by atoms with van der Waals surface area (Å²) in [5.41, 5.74) is 2.35. The summed E-state index contributed by atoms with van der Waals surface area (Å²) in [4.78, 5) is 14.7. The number of nitrogens with zero attached hydrogens (tertiary/aromatic N) is 1. The van der Waals surface area contributed by atoms with Crippen molar-refractivity contribution in [1.29, 1.82) is 0 Å². The fraction of sp³-hybridized carbons (Fsp3) is 0.480. The van der Waals surface area contributed by atoms with E-state index >= 15 is 0 Å². The summed E-state index contributed by atoms with van der Waals surface area (Å²) in [5, 5.41) is 0. The Morgan fingerprint density at radius 1 is 1.13 bits per heavy atom. The number of carbonyl (C=O) groups excluding carboxylic acids is 1. The summed E-state index contributed by atoms with van der Waals surface area (Å²) in [6.45, 7) is 8.00. The van der Waals surface area contributed by atoms with Gasteiger partial charge in [-0.25, -0.2) is 9.18 Å². The molecule has 0 atom stereocenters. The maximum absolute atomic E-state index is 14.5. The van der Waals surface area contributed by atoms with E-state index in [0.29, 0.717) is 25.3 Å². The number of rotatable bonds is 7. The maximum atomic E-state index is 14.5. The summed E-state index contributed by atoms with van der Waals surface area (Å²) < 4.78 is 31.4. The zero-order chi connectivity index (χ0) is 21.8. The van der Waals surface area contributed by atoms with Crippen LogP contribution in [-0.4, -0.2) is 55.9 Å². The molecule has 0 unspecified atom stereocenters. The molecule has 0 radical (unpaired) electrons. The summed E-state index contributed by atoms with van der Waals surface area (Å²) in [6.07, 6.45) is 1.79. The first kappa shape index (κ1) is 21.8. The van der Waals surface area contributed by atoms with Crippen LogP contribution in [-0.2, 0) is 22.3 Å². The molecule has 31 heavy (non-hydrogen) atoms. The lowest BCUT2D eigenvalue weighted by molar-refractivity contribution is 0.0193. The van der Waals surface area contributed by atoms with Gasteiger partial charge in [0.1, 0.15) is 12.2 Å². The minimum absolute atomic E-state index is 0.0867. The van der Waals surface area contributed by atoms with Crippen LogP contribution in [0.3, 0.4) is 0 Å². The lowest BCUT2D eigenvalue weighted by Crippen LogP contribution is -2.38. The van der Waals surface area contributed by atoms with E-state index in [2.05, 4.69) is 17.0 Å². The van der Waals surface area contributed by atoms with Gasteiger partial charge in [-0.1, -0.05) is 24.3 Å². The summed E-state index contributed by atoms with van der Waals surface area (Å²) >= 11 is 0. The van der Waals surface area contributed by atoms with Crippen molar-refractivity contribution in [2.45, 2.75) is 32.3 Å². The zero-order valence-corrected chi connectivity index (χ0v) is 18.2. The van der Waals surface area contributed by atoms with Crippen LogP contribution >= 0.6 is 0 Å². The number of benzene rings is 2. The average Bonchev–Trinajstić information content (AvgIpc) is 3.21. The van der Waals surface area contributed by atoms with Gasteiger partial charge < -0.3 is 14.2 Å². The Morgan fingerprint density at radius 2 is 1.81 bits per heavy atom. The highest BCUT2D eigenvalue weighted by molar-refractivity contribution is 5.89. The predicted octanol–water partition coefficient (Wildman–Crippen LogP) is 3.89. The molecule has 0 bridgehead atoms. The normalized spacial score (nSPS) is 17.4. The largest absolute Gasteiger partial charge is 0.484 e. The Bertz CT molecular complexity index is 898. The molecule has 0 saturated carbocycles. The van der Waals surface area contributed by atoms with Crippen molar-refractivity contribution in [1.82, 2.24) is 4.90 Å². The molecule has 1 fully saturated rings. The quantitative estimate of drug-likeness (QED) is 0.628. The monoisotopic (exact) mass is 427 g/mol. The van der Waals surface area contributed by atoms with Gasteiger partial charge in [0, 0.05) is 25.6 Å². The molecule has 6 heteroatoms. The van der Waals surface area contributed by atoms with Crippen molar-refractivity contribution in [3.05, 3.63) is 65.0 Å². The number of ether oxygens (including phenoxy) is 3. The van der Waals surface area contributed by atoms with Crippen LogP contribution in [0.15, 0.2) is 42.5 Å². The van der Waals surface area contributed by atoms with Crippen LogP contribution in [0.5, 0.6) is 5.75 Å². The molecule has 0 spiro atoms. The van der Waals surface area contributed by atoms with Crippen molar-refractivity contribution >= 4 is 5.97 Å². The second-order valence-electron chi connectivity index (χ2n) is 8.81. The molecule has 1 aliphatic heterocycles. The van der Waals surface area contributed by atoms with Crippen LogP contribution in [0.2, 0.25) is 0 Å². The second-order valence-corrected chi connectivity index (χ2v) is 8.81. The SMILES string of the molecule is CC(C)(Oc1cc(C(=O)OCCN2CCOCC2)ccc1F)C1Cc2ccccc2C1. The fourth-order valence-electron chi connectivity index (χ4n) is 4.30. The second kappa shape index (κ2) is 9.37. The summed E-state index contributed by atoms with van der Waals surface area (Å²) in [6, 6.07) is 12.5. The van der Waals surface area contributed by atoms with Crippen molar-refractivity contribution < 1.29 is 23.4 Å². The number of fused-ring (bicyclic) bond motifs is 1. The predicted molar refractivity (Wildman–Crippen MR) is 116 cm³/mol. The van der Waals surface area contributed by atoms with E-state index in [0.717, 1.165) is 25.9 Å². The lowest BCUT2D eigenvalue weighted by Gasteiger charge is -2.33. The third-order valence-electron chi connectivity index (χ3n) is 6.32. The van der Waals surface area contributed by atoms with E-state index < -0.39 is 17.4 Å². The molecule has 2 aromatic carbocycles. The van der Waals surface area contributed by atoms with Gasteiger partial charge in [-0.2, -0.15) is 0 Å². The van der Waals surface area contributed by atoms with Crippen LogP contribution in [0, 0.1) is 11.7 Å². The first-order valence-corrected chi connectivity index (χ1v) is 10.9. The third kappa shape index (κ3) is 5.25. The fourth-order valence-corrected chi connectivity index (χ4v) is 4.30. The number of morpholine rings is 1. The number of esters is 1. The maximum Gasteiger partial charge on any atom is 0.338 e. The average molecular weight is 428 g/mol. The van der Waals surface area contributed by atoms with Crippen molar-refractivity contribution in [3.63, 3.8) is 0 Å². The molecule has 4 rings (SSSR count). The minimum Gasteiger partial charge on any atom is -0.484 e. The van der Waals surface area contributed by atoms with E-state index in [9.17, 15) is 9.18 Å². The number of carbonyl (C=O) groups is 1. The van der Waals surface area contributed by atoms with Gasteiger partial charge >= 0.3 is 5.97 Å². The van der Waals surface area contributed by atoms with Gasteiger partial charge in [-0.3, -0.25) is 4.90 Å². The van der Waals surface area contributed by atoms with Gasteiger partial charge in [0.25, 0.3) is 0 Å². The van der Waals surface area contributed by atoms with Crippen molar-refractivity contribution in [2.75, 3.05) is 39.5 Å². The Labute approximate surface area is 183 Å². The van der Waals surface area contributed by atoms with E-state index in [1.54, 1.807) is 0 Å². The van der Waals surface area contributed by atoms with Gasteiger partial charge in [-0.15, -0.1) is 0 Å². The Kier molecular flexibility index (Phi) is 6.58. The highest BCUT2D eigenvalue weighted by atomic mass is 19.1. The molecule has 1 saturated heterocycles. The van der Waals surface area contributed by atoms with Crippen LogP contribution in [0.1, 0.15) is 35.3 Å². The zero-order valence-electron chi connectivity index (χ0n) is 18.2. The number of hydrogen-bond donors (Lipinski definition) is 0. The molecule has 2 aliphatic rings. The topological polar surface area (TPSA) is 48.0 Å². The van der Waals surface area contributed by atoms with Gasteiger partial charge in [-0.05, 0) is 56.0 Å². The molecule has 166 valence electrons. The van der Waals surface area contributed by atoms with E-state index in [1.807, 2.05) is 26.0 Å². The first-order chi connectivity index (χ1) is 14.9. The molecule has 0 amide bonds. The van der Waals surface area contributed by atoms with Crippen molar-refractivity contribution in [3.8, 4) is 5.75 Å². The smallest absolute Gasteiger partial charge is 0.338 e. The first-order valence-electron chi connectivity index (χ1n) is 10.9. The Balaban J connectivity index is 1.37. The van der Waals surface area contributed by atoms with E-state index in [-0.39, 0.29) is 18.3 Å². The molecule has 0 N–H and O–H groups in total. The van der Waals surface area contributed by atoms with Crippen LogP contribution in [0.25, 0.3) is 0 Å². The molecule has 5 nitrogen and oxygen atoms in total. The van der Waals surface area contributed by atoms with Crippen LogP contribution < -0.4 is 4.74 Å². The standard InChI is InChI=1S/C25H30FNO4/c1-25(2,21-15-18-5-3-4-6-19(18)16-21)31-23-17-20(7-8-22(23)26)24(28)30-14-11-27-9-12-29-13-10-27/h3-8,17,21H,9-16H2,1-2H3. The molecular weight excluding hydrogens is 397 g/mol. The molecular formula is C25H30FNO4.